The minimum Gasteiger partial charge on any atom is -0.330 e. The van der Waals surface area contributed by atoms with Gasteiger partial charge in [0.25, 0.3) is 0 Å². The maximum Gasteiger partial charge on any atom is 0.106 e. The molecule has 5 heteroatoms. The second-order valence-corrected chi connectivity index (χ2v) is 5.03. The third-order valence-corrected chi connectivity index (χ3v) is 3.53. The highest BCUT2D eigenvalue weighted by Crippen LogP contribution is 2.35. The van der Waals surface area contributed by atoms with E-state index in [-0.39, 0.29) is 0 Å². The summed E-state index contributed by atoms with van der Waals surface area (Å²) < 4.78 is 2.29. The van der Waals surface area contributed by atoms with Crippen molar-refractivity contribution in [1.82, 2.24) is 19.9 Å². The maximum atomic E-state index is 4.24. The van der Waals surface area contributed by atoms with Gasteiger partial charge in [0.05, 0.1) is 12.0 Å². The molecule has 1 aliphatic carbocycles. The highest BCUT2D eigenvalue weighted by molar-refractivity contribution is 7.09. The van der Waals surface area contributed by atoms with Crippen LogP contribution in [0.3, 0.4) is 0 Å². The van der Waals surface area contributed by atoms with E-state index in [1.165, 1.54) is 18.5 Å². The molecule has 0 aromatic carbocycles. The van der Waals surface area contributed by atoms with E-state index in [0.29, 0.717) is 6.04 Å². The van der Waals surface area contributed by atoms with Crippen LogP contribution in [-0.4, -0.2) is 14.5 Å². The first kappa shape index (κ1) is 9.99. The lowest BCUT2D eigenvalue weighted by Crippen LogP contribution is -2.15. The normalized spacial score (nSPS) is 15.5. The van der Waals surface area contributed by atoms with Crippen LogP contribution in [0.25, 0.3) is 0 Å². The number of nitrogens with one attached hydrogen (secondary N) is 1. The van der Waals surface area contributed by atoms with E-state index < -0.39 is 0 Å². The van der Waals surface area contributed by atoms with Crippen molar-refractivity contribution in [3.8, 4) is 0 Å². The summed E-state index contributed by atoms with van der Waals surface area (Å²) in [5.41, 5.74) is 1.28. The maximum absolute atomic E-state index is 4.24. The van der Waals surface area contributed by atoms with E-state index in [9.17, 15) is 0 Å². The zero-order valence-corrected chi connectivity index (χ0v) is 9.78. The summed E-state index contributed by atoms with van der Waals surface area (Å²) in [6.07, 6.45) is 8.34. The molecule has 0 unspecified atom stereocenters. The summed E-state index contributed by atoms with van der Waals surface area (Å²) in [4.78, 5) is 8.45. The molecule has 2 aromatic rings. The molecule has 1 saturated carbocycles. The first-order valence-corrected chi connectivity index (χ1v) is 6.41. The molecular weight excluding hydrogens is 220 g/mol. The van der Waals surface area contributed by atoms with Crippen molar-refractivity contribution < 1.29 is 0 Å². The van der Waals surface area contributed by atoms with Crippen molar-refractivity contribution in [3.63, 3.8) is 0 Å². The molecule has 0 atom stereocenters. The fourth-order valence-corrected chi connectivity index (χ4v) is 2.37. The monoisotopic (exact) mass is 234 g/mol. The third kappa shape index (κ3) is 2.15. The Labute approximate surface area is 98.4 Å². The van der Waals surface area contributed by atoms with E-state index in [4.69, 9.17) is 0 Å². The topological polar surface area (TPSA) is 42.7 Å². The molecule has 0 radical (unpaired) electrons. The van der Waals surface area contributed by atoms with Crippen molar-refractivity contribution in [3.05, 3.63) is 34.8 Å². The molecule has 84 valence electrons. The molecule has 4 nitrogen and oxygen atoms in total. The molecule has 0 spiro atoms. The predicted octanol–water partition coefficient (Wildman–Crippen LogP) is 1.96. The van der Waals surface area contributed by atoms with Gasteiger partial charge in [0.1, 0.15) is 5.01 Å². The van der Waals surface area contributed by atoms with Crippen LogP contribution in [-0.2, 0) is 13.1 Å². The van der Waals surface area contributed by atoms with Crippen LogP contribution in [0, 0.1) is 0 Å². The van der Waals surface area contributed by atoms with E-state index in [1.54, 1.807) is 11.3 Å². The van der Waals surface area contributed by atoms with Gasteiger partial charge < -0.3 is 9.88 Å². The number of hydrogen-bond donors (Lipinski definition) is 1. The lowest BCUT2D eigenvalue weighted by atomic mass is 10.4. The molecular formula is C11H14N4S. The minimum absolute atomic E-state index is 0.708. The Balaban J connectivity index is 1.56. The standard InChI is InChI=1S/C11H14N4S/c1-2-9(1)15-8-13-6-10(15)5-12-7-11-14-3-4-16-11/h3-4,6,8-9,12H,1-2,5,7H2. The van der Waals surface area contributed by atoms with Crippen LogP contribution in [0.15, 0.2) is 24.1 Å². The fraction of sp³-hybridized carbons (Fsp3) is 0.455. The van der Waals surface area contributed by atoms with Gasteiger partial charge in [-0.15, -0.1) is 11.3 Å². The second kappa shape index (κ2) is 4.35. The summed E-state index contributed by atoms with van der Waals surface area (Å²) in [6, 6.07) is 0.708. The quantitative estimate of drug-likeness (QED) is 0.860. The van der Waals surface area contributed by atoms with Crippen LogP contribution in [0.2, 0.25) is 0 Å². The molecule has 2 aromatic heterocycles. The third-order valence-electron chi connectivity index (χ3n) is 2.75. The first-order chi connectivity index (χ1) is 7.93. The summed E-state index contributed by atoms with van der Waals surface area (Å²) in [6.45, 7) is 1.71. The smallest absolute Gasteiger partial charge is 0.106 e. The Morgan fingerprint density at radius 1 is 1.44 bits per heavy atom. The minimum atomic E-state index is 0.708. The highest BCUT2D eigenvalue weighted by Gasteiger charge is 2.24. The molecule has 1 aliphatic rings. The Bertz CT molecular complexity index is 444. The largest absolute Gasteiger partial charge is 0.330 e. The lowest BCUT2D eigenvalue weighted by molar-refractivity contribution is 0.619. The number of hydrogen-bond acceptors (Lipinski definition) is 4. The van der Waals surface area contributed by atoms with E-state index >= 15 is 0 Å². The van der Waals surface area contributed by atoms with E-state index in [1.807, 2.05) is 24.1 Å². The number of rotatable bonds is 5. The van der Waals surface area contributed by atoms with Crippen LogP contribution in [0.1, 0.15) is 29.6 Å². The van der Waals surface area contributed by atoms with Crippen LogP contribution in [0.5, 0.6) is 0 Å². The number of aromatic nitrogens is 3. The average molecular weight is 234 g/mol. The van der Waals surface area contributed by atoms with Gasteiger partial charge in [-0.2, -0.15) is 0 Å². The zero-order valence-electron chi connectivity index (χ0n) is 8.97. The molecule has 0 bridgehead atoms. The SMILES string of the molecule is c1csc(CNCc2cncn2C2CC2)n1. The lowest BCUT2D eigenvalue weighted by Gasteiger charge is -2.06. The zero-order chi connectivity index (χ0) is 10.8. The van der Waals surface area contributed by atoms with E-state index in [0.717, 1.165) is 18.1 Å². The fourth-order valence-electron chi connectivity index (χ4n) is 1.79. The van der Waals surface area contributed by atoms with Crippen molar-refractivity contribution >= 4 is 11.3 Å². The number of nitrogens with zero attached hydrogens (tertiary/aromatic N) is 3. The van der Waals surface area contributed by atoms with Gasteiger partial charge in [-0.05, 0) is 12.8 Å². The van der Waals surface area contributed by atoms with Gasteiger partial charge in [0.15, 0.2) is 0 Å². The van der Waals surface area contributed by atoms with Gasteiger partial charge >= 0.3 is 0 Å². The average Bonchev–Trinajstić information content (AvgIpc) is 2.82. The molecule has 16 heavy (non-hydrogen) atoms. The summed E-state index contributed by atoms with van der Waals surface area (Å²) in [5, 5.41) is 6.54. The molecule has 1 fully saturated rings. The van der Waals surface area contributed by atoms with Crippen molar-refractivity contribution in [1.29, 1.82) is 0 Å². The second-order valence-electron chi connectivity index (χ2n) is 4.05. The van der Waals surface area contributed by atoms with Gasteiger partial charge in [0.2, 0.25) is 0 Å². The van der Waals surface area contributed by atoms with Gasteiger partial charge in [-0.1, -0.05) is 0 Å². The molecule has 1 N–H and O–H groups in total. The van der Waals surface area contributed by atoms with Crippen molar-refractivity contribution in [2.24, 2.45) is 0 Å². The Kier molecular flexibility index (Phi) is 2.71. The Hall–Kier alpha value is -1.20. The van der Waals surface area contributed by atoms with Crippen molar-refractivity contribution in [2.45, 2.75) is 32.0 Å². The first-order valence-electron chi connectivity index (χ1n) is 5.53. The summed E-state index contributed by atoms with van der Waals surface area (Å²) in [7, 11) is 0. The van der Waals surface area contributed by atoms with Gasteiger partial charge in [-0.25, -0.2) is 9.97 Å². The number of thiazole rings is 1. The van der Waals surface area contributed by atoms with E-state index in [2.05, 4.69) is 19.9 Å². The van der Waals surface area contributed by atoms with Gasteiger partial charge in [0, 0.05) is 36.9 Å². The Morgan fingerprint density at radius 3 is 3.12 bits per heavy atom. The van der Waals surface area contributed by atoms with Gasteiger partial charge in [-0.3, -0.25) is 0 Å². The molecule has 0 aliphatic heterocycles. The molecule has 3 rings (SSSR count). The molecule has 2 heterocycles. The summed E-state index contributed by atoms with van der Waals surface area (Å²) in [5.74, 6) is 0. The van der Waals surface area contributed by atoms with Crippen LogP contribution in [0.4, 0.5) is 0 Å². The highest BCUT2D eigenvalue weighted by atomic mass is 32.1. The number of imidazole rings is 1. The summed E-state index contributed by atoms with van der Waals surface area (Å²) >= 11 is 1.69. The molecule has 0 saturated heterocycles. The Morgan fingerprint density at radius 2 is 2.38 bits per heavy atom. The van der Waals surface area contributed by atoms with Crippen molar-refractivity contribution in [2.75, 3.05) is 0 Å². The molecule has 0 amide bonds. The predicted molar refractivity (Wildman–Crippen MR) is 63.2 cm³/mol. The van der Waals surface area contributed by atoms with Crippen LogP contribution >= 0.6 is 11.3 Å². The van der Waals surface area contributed by atoms with Crippen LogP contribution < -0.4 is 5.32 Å².